The molecule has 3 rings (SSSR count). The summed E-state index contributed by atoms with van der Waals surface area (Å²) in [4.78, 5) is 48.9. The molecule has 3 aromatic rings. The van der Waals surface area contributed by atoms with Crippen molar-refractivity contribution in [2.75, 3.05) is 0 Å². The van der Waals surface area contributed by atoms with Crippen molar-refractivity contribution < 1.29 is 14.4 Å². The maximum atomic E-state index is 12.6. The molecule has 0 fully saturated rings. The van der Waals surface area contributed by atoms with Crippen molar-refractivity contribution >= 4 is 28.9 Å². The number of hydrogen-bond acceptors (Lipinski definition) is 7. The number of rotatable bonds is 7. The number of carbonyl (C=O) groups is 3. The Hall–Kier alpha value is -3.40. The second-order valence-electron chi connectivity index (χ2n) is 5.24. The van der Waals surface area contributed by atoms with Crippen molar-refractivity contribution in [3.63, 3.8) is 0 Å². The van der Waals surface area contributed by atoms with Gasteiger partial charge in [-0.05, 0) is 17.5 Å². The minimum atomic E-state index is -1.10. The van der Waals surface area contributed by atoms with Gasteiger partial charge >= 0.3 is 0 Å². The average molecular weight is 370 g/mol. The van der Waals surface area contributed by atoms with E-state index in [9.17, 15) is 14.4 Å². The Bertz CT molecular complexity index is 923. The van der Waals surface area contributed by atoms with Gasteiger partial charge in [0.2, 0.25) is 11.7 Å². The van der Waals surface area contributed by atoms with E-state index in [1.165, 1.54) is 40.8 Å². The quantitative estimate of drug-likeness (QED) is 0.568. The number of Topliss-reactive ketones (excluding diaryl/α,β-unsaturated/α-hetero) is 1. The molecule has 10 heteroatoms. The average Bonchev–Trinajstić information content (AvgIpc) is 3.32. The second-order valence-corrected chi connectivity index (χ2v) is 6.27. The molecular weight excluding hydrogens is 356 g/mol. The highest BCUT2D eigenvalue weighted by Crippen LogP contribution is 2.13. The number of aromatic nitrogens is 4. The van der Waals surface area contributed by atoms with E-state index in [4.69, 9.17) is 5.73 Å². The van der Waals surface area contributed by atoms with Gasteiger partial charge in [-0.3, -0.25) is 19.0 Å². The van der Waals surface area contributed by atoms with E-state index >= 15 is 0 Å². The van der Waals surface area contributed by atoms with Crippen LogP contribution in [0.5, 0.6) is 0 Å². The summed E-state index contributed by atoms with van der Waals surface area (Å²) in [7, 11) is 0. The van der Waals surface area contributed by atoms with Gasteiger partial charge in [0.15, 0.2) is 0 Å². The Labute approximate surface area is 151 Å². The van der Waals surface area contributed by atoms with Crippen molar-refractivity contribution in [3.05, 3.63) is 59.1 Å². The fourth-order valence-electron chi connectivity index (χ4n) is 2.28. The number of nitrogens with zero attached hydrogens (tertiary/aromatic N) is 4. The van der Waals surface area contributed by atoms with Crippen LogP contribution < -0.4 is 11.1 Å². The topological polar surface area (TPSA) is 133 Å². The summed E-state index contributed by atoms with van der Waals surface area (Å²) in [6.07, 6.45) is 5.93. The largest absolute Gasteiger partial charge is 0.363 e. The molecule has 2 amide bonds. The van der Waals surface area contributed by atoms with E-state index in [1.807, 2.05) is 11.4 Å². The van der Waals surface area contributed by atoms with Gasteiger partial charge in [-0.1, -0.05) is 6.07 Å². The van der Waals surface area contributed by atoms with Crippen LogP contribution >= 0.6 is 11.3 Å². The Morgan fingerprint density at radius 2 is 2.00 bits per heavy atom. The fraction of sp³-hybridized carbons (Fsp3) is 0.125. The summed E-state index contributed by atoms with van der Waals surface area (Å²) in [5.41, 5.74) is 5.24. The first-order chi connectivity index (χ1) is 12.6. The highest BCUT2D eigenvalue weighted by Gasteiger charge is 2.27. The van der Waals surface area contributed by atoms with Crippen LogP contribution in [0.25, 0.3) is 5.95 Å². The molecule has 1 unspecified atom stereocenters. The van der Waals surface area contributed by atoms with E-state index in [2.05, 4.69) is 20.3 Å². The predicted molar refractivity (Wildman–Crippen MR) is 92.6 cm³/mol. The van der Waals surface area contributed by atoms with Crippen LogP contribution in [-0.2, 0) is 16.0 Å². The third-order valence-corrected chi connectivity index (χ3v) is 4.39. The van der Waals surface area contributed by atoms with E-state index in [0.29, 0.717) is 0 Å². The molecule has 3 aromatic heterocycles. The first-order valence-electron chi connectivity index (χ1n) is 7.53. The van der Waals surface area contributed by atoms with Crippen molar-refractivity contribution in [2.45, 2.75) is 12.5 Å². The molecule has 0 aromatic carbocycles. The highest BCUT2D eigenvalue weighted by molar-refractivity contribution is 7.09. The molecule has 0 saturated heterocycles. The summed E-state index contributed by atoms with van der Waals surface area (Å²) in [6.45, 7) is 0. The van der Waals surface area contributed by atoms with Gasteiger partial charge in [-0.2, -0.15) is 0 Å². The molecular formula is C16H14N6O3S. The van der Waals surface area contributed by atoms with Gasteiger partial charge in [-0.25, -0.2) is 15.0 Å². The molecule has 3 N–H and O–H groups in total. The SMILES string of the molecule is NC(=O)C(=O)C(Cc1cccs1)NC(=O)c1cncn1-c1ncccn1. The number of carbonyl (C=O) groups excluding carboxylic acids is 3. The minimum absolute atomic E-state index is 0.129. The number of amides is 2. The number of nitrogens with two attached hydrogens (primary N) is 1. The van der Waals surface area contributed by atoms with Crippen molar-refractivity contribution in [1.29, 1.82) is 0 Å². The monoisotopic (exact) mass is 370 g/mol. The van der Waals surface area contributed by atoms with E-state index in [0.717, 1.165) is 4.88 Å². The summed E-state index contributed by atoms with van der Waals surface area (Å²) < 4.78 is 1.38. The second kappa shape index (κ2) is 7.66. The Kier molecular flexibility index (Phi) is 5.13. The lowest BCUT2D eigenvalue weighted by molar-refractivity contribution is -0.137. The zero-order chi connectivity index (χ0) is 18.5. The maximum absolute atomic E-state index is 12.6. The van der Waals surface area contributed by atoms with Crippen LogP contribution in [0.1, 0.15) is 15.4 Å². The van der Waals surface area contributed by atoms with Crippen LogP contribution in [0.3, 0.4) is 0 Å². The summed E-state index contributed by atoms with van der Waals surface area (Å²) in [5, 5.41) is 4.39. The number of imidazole rings is 1. The number of nitrogens with one attached hydrogen (secondary N) is 1. The van der Waals surface area contributed by atoms with Crippen LogP contribution in [0.15, 0.2) is 48.5 Å². The van der Waals surface area contributed by atoms with Gasteiger partial charge in [0.05, 0.1) is 6.20 Å². The van der Waals surface area contributed by atoms with E-state index in [1.54, 1.807) is 12.1 Å². The number of hydrogen-bond donors (Lipinski definition) is 2. The van der Waals surface area contributed by atoms with Gasteiger partial charge in [0.1, 0.15) is 18.1 Å². The Morgan fingerprint density at radius 3 is 2.65 bits per heavy atom. The number of primary amides is 1. The van der Waals surface area contributed by atoms with Crippen LogP contribution in [-0.4, -0.2) is 43.2 Å². The van der Waals surface area contributed by atoms with Gasteiger partial charge in [0.25, 0.3) is 11.8 Å². The van der Waals surface area contributed by atoms with Crippen LogP contribution in [0.4, 0.5) is 0 Å². The molecule has 3 heterocycles. The predicted octanol–water partition coefficient (Wildman–Crippen LogP) is 0.119. The lowest BCUT2D eigenvalue weighted by Crippen LogP contribution is -2.47. The zero-order valence-corrected chi connectivity index (χ0v) is 14.2. The van der Waals surface area contributed by atoms with Crippen LogP contribution in [0.2, 0.25) is 0 Å². The fourth-order valence-corrected chi connectivity index (χ4v) is 3.03. The zero-order valence-electron chi connectivity index (χ0n) is 13.4. The lowest BCUT2D eigenvalue weighted by Gasteiger charge is -2.15. The molecule has 0 spiro atoms. The molecule has 0 saturated carbocycles. The summed E-state index contributed by atoms with van der Waals surface area (Å²) in [5.74, 6) is -2.31. The van der Waals surface area contributed by atoms with Crippen molar-refractivity contribution in [2.24, 2.45) is 5.73 Å². The van der Waals surface area contributed by atoms with Gasteiger partial charge < -0.3 is 11.1 Å². The minimum Gasteiger partial charge on any atom is -0.363 e. The van der Waals surface area contributed by atoms with Gasteiger partial charge in [-0.15, -0.1) is 11.3 Å². The number of ketones is 1. The molecule has 132 valence electrons. The van der Waals surface area contributed by atoms with Crippen molar-refractivity contribution in [1.82, 2.24) is 24.8 Å². The molecule has 26 heavy (non-hydrogen) atoms. The first-order valence-corrected chi connectivity index (χ1v) is 8.41. The first kappa shape index (κ1) is 17.4. The standard InChI is InChI=1S/C16H14N6O3S/c17-14(24)13(23)11(7-10-3-1-6-26-10)21-15(25)12-8-18-9-22(12)16-19-4-2-5-20-16/h1-6,8-9,11H,7H2,(H2,17,24)(H,21,25). The van der Waals surface area contributed by atoms with Crippen LogP contribution in [0, 0.1) is 0 Å². The molecule has 0 aliphatic heterocycles. The molecule has 0 radical (unpaired) electrons. The lowest BCUT2D eigenvalue weighted by atomic mass is 10.1. The molecule has 0 aliphatic carbocycles. The van der Waals surface area contributed by atoms with Crippen molar-refractivity contribution in [3.8, 4) is 5.95 Å². The normalized spacial score (nSPS) is 11.7. The maximum Gasteiger partial charge on any atom is 0.287 e. The third kappa shape index (κ3) is 3.81. The Morgan fingerprint density at radius 1 is 1.23 bits per heavy atom. The summed E-state index contributed by atoms with van der Waals surface area (Å²) in [6, 6.07) is 4.19. The smallest absolute Gasteiger partial charge is 0.287 e. The molecule has 1 atom stereocenters. The van der Waals surface area contributed by atoms with E-state index in [-0.39, 0.29) is 18.1 Å². The number of thiophene rings is 1. The molecule has 0 bridgehead atoms. The Balaban J connectivity index is 1.83. The van der Waals surface area contributed by atoms with Gasteiger partial charge in [0, 0.05) is 23.7 Å². The summed E-state index contributed by atoms with van der Waals surface area (Å²) >= 11 is 1.41. The molecule has 9 nitrogen and oxygen atoms in total. The highest BCUT2D eigenvalue weighted by atomic mass is 32.1. The van der Waals surface area contributed by atoms with E-state index < -0.39 is 23.6 Å². The molecule has 0 aliphatic rings. The third-order valence-electron chi connectivity index (χ3n) is 3.49.